The summed E-state index contributed by atoms with van der Waals surface area (Å²) in [6.45, 7) is 0.748. The van der Waals surface area contributed by atoms with E-state index in [9.17, 15) is 13.6 Å². The Morgan fingerprint density at radius 3 is 2.76 bits per heavy atom. The fraction of sp³-hybridized carbons (Fsp3) is 0.292. The zero-order chi connectivity index (χ0) is 23.5. The number of nitrogens with zero attached hydrogens (tertiary/aromatic N) is 5. The highest BCUT2D eigenvalue weighted by Crippen LogP contribution is 2.27. The van der Waals surface area contributed by atoms with Crippen molar-refractivity contribution < 1.29 is 18.1 Å². The number of halogens is 2. The van der Waals surface area contributed by atoms with Crippen LogP contribution in [0.15, 0.2) is 47.0 Å². The van der Waals surface area contributed by atoms with Crippen LogP contribution in [-0.2, 0) is 24.2 Å². The van der Waals surface area contributed by atoms with Crippen molar-refractivity contribution >= 4 is 11.6 Å². The molecule has 0 radical (unpaired) electrons. The topological polar surface area (TPSA) is 98.7 Å². The van der Waals surface area contributed by atoms with E-state index in [2.05, 4.69) is 25.7 Å². The maximum absolute atomic E-state index is 14.6. The van der Waals surface area contributed by atoms with Gasteiger partial charge in [-0.25, -0.2) is 8.78 Å². The summed E-state index contributed by atoms with van der Waals surface area (Å²) in [4.78, 5) is 16.7. The summed E-state index contributed by atoms with van der Waals surface area (Å²) in [6, 6.07) is 10.1. The fourth-order valence-corrected chi connectivity index (χ4v) is 3.98. The molecule has 1 N–H and O–H groups in total. The van der Waals surface area contributed by atoms with E-state index in [4.69, 9.17) is 4.52 Å². The van der Waals surface area contributed by atoms with Crippen LogP contribution in [-0.4, -0.2) is 30.8 Å². The standard InChI is InChI=1S/C24H22F2N6O2/c25-16-7-5-15(6-8-16)23-28-22(34-31-23)12-11-21(33)27-17-9-10-19(26)18(14-17)24-30-29-20-4-2-1-3-13-32(20)24/h5-10,14H,1-4,11-13H2,(H,27,33). The van der Waals surface area contributed by atoms with Gasteiger partial charge in [-0.3, -0.25) is 4.79 Å². The van der Waals surface area contributed by atoms with Crippen LogP contribution in [0.4, 0.5) is 14.5 Å². The van der Waals surface area contributed by atoms with Crippen molar-refractivity contribution in [1.82, 2.24) is 24.9 Å². The van der Waals surface area contributed by atoms with Crippen molar-refractivity contribution in [3.05, 3.63) is 65.8 Å². The largest absolute Gasteiger partial charge is 0.339 e. The number of carbonyl (C=O) groups is 1. The summed E-state index contributed by atoms with van der Waals surface area (Å²) < 4.78 is 34.9. The van der Waals surface area contributed by atoms with Crippen LogP contribution in [0.25, 0.3) is 22.8 Å². The number of amides is 1. The molecule has 0 bridgehead atoms. The maximum Gasteiger partial charge on any atom is 0.227 e. The predicted molar refractivity (Wildman–Crippen MR) is 120 cm³/mol. The molecule has 4 aromatic rings. The lowest BCUT2D eigenvalue weighted by Gasteiger charge is -2.10. The second-order valence-electron chi connectivity index (χ2n) is 8.16. The molecule has 34 heavy (non-hydrogen) atoms. The third-order valence-electron chi connectivity index (χ3n) is 5.74. The van der Waals surface area contributed by atoms with Gasteiger partial charge in [-0.15, -0.1) is 10.2 Å². The quantitative estimate of drug-likeness (QED) is 0.449. The Bertz CT molecular complexity index is 1320. The van der Waals surface area contributed by atoms with Gasteiger partial charge in [-0.1, -0.05) is 11.6 Å². The van der Waals surface area contributed by atoms with E-state index in [0.717, 1.165) is 38.1 Å². The maximum atomic E-state index is 14.6. The van der Waals surface area contributed by atoms with Crippen molar-refractivity contribution in [2.75, 3.05) is 5.32 Å². The molecule has 0 aliphatic carbocycles. The van der Waals surface area contributed by atoms with Gasteiger partial charge >= 0.3 is 0 Å². The number of anilines is 1. The molecule has 2 aromatic carbocycles. The number of aromatic nitrogens is 5. The SMILES string of the molecule is O=C(CCc1nc(-c2ccc(F)cc2)no1)Nc1ccc(F)c(-c2nnc3n2CCCCC3)c1. The summed E-state index contributed by atoms with van der Waals surface area (Å²) in [5.74, 6) is 0.903. The molecule has 5 rings (SSSR count). The molecule has 0 unspecified atom stereocenters. The molecule has 0 atom stereocenters. The fourth-order valence-electron chi connectivity index (χ4n) is 3.98. The molecular formula is C24H22F2N6O2. The summed E-state index contributed by atoms with van der Waals surface area (Å²) >= 11 is 0. The number of rotatable bonds is 6. The van der Waals surface area contributed by atoms with Gasteiger partial charge in [0.05, 0.1) is 5.56 Å². The van der Waals surface area contributed by atoms with Crippen LogP contribution in [0.3, 0.4) is 0 Å². The molecule has 0 saturated carbocycles. The predicted octanol–water partition coefficient (Wildman–Crippen LogP) is 4.57. The van der Waals surface area contributed by atoms with E-state index in [1.54, 1.807) is 18.2 Å². The Hall–Kier alpha value is -3.95. The average Bonchev–Trinajstić information content (AvgIpc) is 3.40. The third-order valence-corrected chi connectivity index (χ3v) is 5.74. The zero-order valence-electron chi connectivity index (χ0n) is 18.3. The first kappa shape index (κ1) is 21.9. The highest BCUT2D eigenvalue weighted by Gasteiger charge is 2.19. The van der Waals surface area contributed by atoms with E-state index < -0.39 is 5.82 Å². The Kier molecular flexibility index (Phi) is 6.11. The van der Waals surface area contributed by atoms with Crippen LogP contribution in [0.5, 0.6) is 0 Å². The highest BCUT2D eigenvalue weighted by molar-refractivity contribution is 5.91. The highest BCUT2D eigenvalue weighted by atomic mass is 19.1. The van der Waals surface area contributed by atoms with Gasteiger partial charge in [0.1, 0.15) is 17.5 Å². The average molecular weight is 464 g/mol. The smallest absolute Gasteiger partial charge is 0.227 e. The molecule has 8 nitrogen and oxygen atoms in total. The molecule has 0 fully saturated rings. The second-order valence-corrected chi connectivity index (χ2v) is 8.16. The summed E-state index contributed by atoms with van der Waals surface area (Å²) in [7, 11) is 0. The Balaban J connectivity index is 1.24. The van der Waals surface area contributed by atoms with Gasteiger partial charge in [0.15, 0.2) is 5.82 Å². The molecule has 1 aliphatic rings. The number of fused-ring (bicyclic) bond motifs is 1. The minimum Gasteiger partial charge on any atom is -0.339 e. The number of hydrogen-bond acceptors (Lipinski definition) is 6. The number of hydrogen-bond donors (Lipinski definition) is 1. The lowest BCUT2D eigenvalue weighted by atomic mass is 10.1. The van der Waals surface area contributed by atoms with E-state index >= 15 is 0 Å². The lowest BCUT2D eigenvalue weighted by molar-refractivity contribution is -0.116. The number of nitrogens with one attached hydrogen (secondary N) is 1. The van der Waals surface area contributed by atoms with Gasteiger partial charge in [-0.2, -0.15) is 4.98 Å². The molecule has 0 saturated heterocycles. The zero-order valence-corrected chi connectivity index (χ0v) is 18.3. The van der Waals surface area contributed by atoms with Gasteiger partial charge < -0.3 is 14.4 Å². The molecule has 174 valence electrons. The van der Waals surface area contributed by atoms with Crippen LogP contribution >= 0.6 is 0 Å². The van der Waals surface area contributed by atoms with Crippen molar-refractivity contribution in [3.8, 4) is 22.8 Å². The summed E-state index contributed by atoms with van der Waals surface area (Å²) in [5.41, 5.74) is 1.38. The van der Waals surface area contributed by atoms with Crippen LogP contribution < -0.4 is 5.32 Å². The van der Waals surface area contributed by atoms with Crippen molar-refractivity contribution in [1.29, 1.82) is 0 Å². The van der Waals surface area contributed by atoms with Gasteiger partial charge in [-0.05, 0) is 55.3 Å². The monoisotopic (exact) mass is 464 g/mol. The van der Waals surface area contributed by atoms with Crippen LogP contribution in [0, 0.1) is 11.6 Å². The van der Waals surface area contributed by atoms with E-state index in [-0.39, 0.29) is 24.6 Å². The first-order valence-electron chi connectivity index (χ1n) is 11.2. The Labute approximate surface area is 194 Å². The molecule has 2 aromatic heterocycles. The van der Waals surface area contributed by atoms with Crippen LogP contribution in [0.1, 0.15) is 37.4 Å². The van der Waals surface area contributed by atoms with Gasteiger partial charge in [0.2, 0.25) is 17.6 Å². The van der Waals surface area contributed by atoms with E-state index in [1.807, 2.05) is 4.57 Å². The van der Waals surface area contributed by atoms with Crippen LogP contribution in [0.2, 0.25) is 0 Å². The van der Waals surface area contributed by atoms with E-state index in [0.29, 0.717) is 34.4 Å². The summed E-state index contributed by atoms with van der Waals surface area (Å²) in [6.07, 6.45) is 4.29. The third kappa shape index (κ3) is 4.70. The normalized spacial score (nSPS) is 13.4. The second kappa shape index (κ2) is 9.50. The van der Waals surface area contributed by atoms with Gasteiger partial charge in [0, 0.05) is 37.1 Å². The van der Waals surface area contributed by atoms with Crippen molar-refractivity contribution in [2.24, 2.45) is 0 Å². The molecule has 3 heterocycles. The molecule has 1 amide bonds. The number of aryl methyl sites for hydroxylation is 2. The summed E-state index contributed by atoms with van der Waals surface area (Å²) in [5, 5.41) is 15.1. The van der Waals surface area contributed by atoms with Crippen molar-refractivity contribution in [2.45, 2.75) is 45.1 Å². The van der Waals surface area contributed by atoms with E-state index in [1.165, 1.54) is 24.3 Å². The molecular weight excluding hydrogens is 442 g/mol. The lowest BCUT2D eigenvalue weighted by Crippen LogP contribution is -2.13. The first-order chi connectivity index (χ1) is 16.6. The molecule has 10 heteroatoms. The number of benzene rings is 2. The first-order valence-corrected chi connectivity index (χ1v) is 11.2. The molecule has 0 spiro atoms. The van der Waals surface area contributed by atoms with Gasteiger partial charge in [0.25, 0.3) is 0 Å². The Morgan fingerprint density at radius 2 is 1.91 bits per heavy atom. The molecule has 1 aliphatic heterocycles. The number of carbonyl (C=O) groups excluding carboxylic acids is 1. The Morgan fingerprint density at radius 1 is 1.06 bits per heavy atom. The minimum absolute atomic E-state index is 0.0953. The van der Waals surface area contributed by atoms with Crippen molar-refractivity contribution in [3.63, 3.8) is 0 Å². The minimum atomic E-state index is -0.420.